The molecule has 1 amide bonds. The van der Waals surface area contributed by atoms with Crippen LogP contribution >= 0.6 is 0 Å². The fraction of sp³-hybridized carbons (Fsp3) is 0.444. The van der Waals surface area contributed by atoms with Crippen LogP contribution in [0.5, 0.6) is 0 Å². The van der Waals surface area contributed by atoms with Crippen LogP contribution in [0.2, 0.25) is 0 Å². The molecule has 1 fully saturated rings. The molecule has 25 heavy (non-hydrogen) atoms. The van der Waals surface area contributed by atoms with Crippen molar-refractivity contribution in [3.8, 4) is 0 Å². The van der Waals surface area contributed by atoms with Gasteiger partial charge in [-0.3, -0.25) is 4.79 Å². The van der Waals surface area contributed by atoms with Crippen molar-refractivity contribution in [2.24, 2.45) is 0 Å². The average molecular weight is 347 g/mol. The minimum atomic E-state index is -1.02. The van der Waals surface area contributed by atoms with E-state index in [0.29, 0.717) is 24.5 Å². The maximum atomic E-state index is 13.1. The number of nitrogens with zero attached hydrogens (tertiary/aromatic N) is 3. The molecule has 0 spiro atoms. The number of aliphatic hydroxyl groups is 1. The van der Waals surface area contributed by atoms with Crippen molar-refractivity contribution in [1.82, 2.24) is 14.5 Å². The minimum Gasteiger partial charge on any atom is -0.380 e. The first-order chi connectivity index (χ1) is 11.9. The number of carbonyl (C=O) groups excluding carboxylic acids is 1. The van der Waals surface area contributed by atoms with E-state index in [9.17, 15) is 14.3 Å². The highest BCUT2D eigenvalue weighted by molar-refractivity contribution is 5.76. The zero-order valence-electron chi connectivity index (χ0n) is 14.3. The molecule has 2 heterocycles. The third-order valence-corrected chi connectivity index (χ3v) is 4.26. The molecule has 1 aliphatic rings. The lowest BCUT2D eigenvalue weighted by Gasteiger charge is -2.35. The number of amides is 1. The second-order valence-electron chi connectivity index (χ2n) is 6.42. The molecule has 0 bridgehead atoms. The molecule has 1 saturated heterocycles. The van der Waals surface area contributed by atoms with Crippen molar-refractivity contribution in [2.75, 3.05) is 13.1 Å². The van der Waals surface area contributed by atoms with Crippen molar-refractivity contribution in [2.45, 2.75) is 38.7 Å². The second-order valence-corrected chi connectivity index (χ2v) is 6.42. The normalized spacial score (nSPS) is 22.0. The SMILES string of the molecule is C[C@@H]1CN(C(=O)Cn2ccnc2[C@@H](O)c2ccc(F)cc2)C[C@@H](C)O1. The van der Waals surface area contributed by atoms with Gasteiger partial charge in [0.15, 0.2) is 0 Å². The van der Waals surface area contributed by atoms with Crippen molar-refractivity contribution >= 4 is 5.91 Å². The molecule has 3 rings (SSSR count). The third-order valence-electron chi connectivity index (χ3n) is 4.26. The summed E-state index contributed by atoms with van der Waals surface area (Å²) in [5.41, 5.74) is 0.523. The second kappa shape index (κ2) is 7.33. The van der Waals surface area contributed by atoms with Gasteiger partial charge in [0, 0.05) is 25.5 Å². The molecule has 7 heteroatoms. The van der Waals surface area contributed by atoms with Gasteiger partial charge in [0.2, 0.25) is 5.91 Å². The predicted molar refractivity (Wildman–Crippen MR) is 89.3 cm³/mol. The zero-order valence-corrected chi connectivity index (χ0v) is 14.3. The highest BCUT2D eigenvalue weighted by Gasteiger charge is 2.27. The van der Waals surface area contributed by atoms with Gasteiger partial charge in [-0.05, 0) is 31.5 Å². The van der Waals surface area contributed by atoms with Crippen LogP contribution < -0.4 is 0 Å². The summed E-state index contributed by atoms with van der Waals surface area (Å²) < 4.78 is 20.3. The van der Waals surface area contributed by atoms with Crippen LogP contribution in [-0.4, -0.2) is 50.8 Å². The lowest BCUT2D eigenvalue weighted by Crippen LogP contribution is -2.49. The van der Waals surface area contributed by atoms with Gasteiger partial charge >= 0.3 is 0 Å². The number of hydrogen-bond acceptors (Lipinski definition) is 4. The summed E-state index contributed by atoms with van der Waals surface area (Å²) in [7, 11) is 0. The number of ether oxygens (including phenoxy) is 1. The van der Waals surface area contributed by atoms with Crippen molar-refractivity contribution in [3.05, 3.63) is 53.9 Å². The van der Waals surface area contributed by atoms with Gasteiger partial charge in [-0.2, -0.15) is 0 Å². The summed E-state index contributed by atoms with van der Waals surface area (Å²) in [5, 5.41) is 10.5. The Morgan fingerprint density at radius 3 is 2.60 bits per heavy atom. The molecule has 3 atom stereocenters. The van der Waals surface area contributed by atoms with Gasteiger partial charge in [0.1, 0.15) is 24.3 Å². The number of aromatic nitrogens is 2. The fourth-order valence-corrected chi connectivity index (χ4v) is 3.12. The Morgan fingerprint density at radius 2 is 1.96 bits per heavy atom. The molecule has 0 unspecified atom stereocenters. The fourth-order valence-electron chi connectivity index (χ4n) is 3.12. The standard InChI is InChI=1S/C18H22FN3O3/c1-12-9-22(10-13(2)25-12)16(23)11-21-8-7-20-18(21)17(24)14-3-5-15(19)6-4-14/h3-8,12-13,17,24H,9-11H2,1-2H3/t12-,13-,17+/m1/s1. The molecule has 134 valence electrons. The minimum absolute atomic E-state index is 0.000219. The molecule has 1 aliphatic heterocycles. The smallest absolute Gasteiger partial charge is 0.242 e. The summed E-state index contributed by atoms with van der Waals surface area (Å²) in [6.07, 6.45) is 2.18. The van der Waals surface area contributed by atoms with E-state index in [1.165, 1.54) is 24.3 Å². The van der Waals surface area contributed by atoms with Crippen molar-refractivity contribution in [3.63, 3.8) is 0 Å². The van der Waals surface area contributed by atoms with E-state index in [0.717, 1.165) is 0 Å². The quantitative estimate of drug-likeness (QED) is 0.915. The number of benzene rings is 1. The monoisotopic (exact) mass is 347 g/mol. The average Bonchev–Trinajstić information content (AvgIpc) is 3.02. The summed E-state index contributed by atoms with van der Waals surface area (Å²) in [5.74, 6) is -0.0631. The third kappa shape index (κ3) is 4.05. The van der Waals surface area contributed by atoms with Gasteiger partial charge in [-0.1, -0.05) is 12.1 Å². The largest absolute Gasteiger partial charge is 0.380 e. The van der Waals surface area contributed by atoms with Crippen LogP contribution in [0.15, 0.2) is 36.7 Å². The number of hydrogen-bond donors (Lipinski definition) is 1. The summed E-state index contributed by atoms with van der Waals surface area (Å²) >= 11 is 0. The number of rotatable bonds is 4. The first-order valence-electron chi connectivity index (χ1n) is 8.32. The first kappa shape index (κ1) is 17.6. The van der Waals surface area contributed by atoms with Crippen LogP contribution in [0.4, 0.5) is 4.39 Å². The highest BCUT2D eigenvalue weighted by Crippen LogP contribution is 2.21. The van der Waals surface area contributed by atoms with Crippen LogP contribution in [0.25, 0.3) is 0 Å². The van der Waals surface area contributed by atoms with Gasteiger partial charge in [0.25, 0.3) is 0 Å². The lowest BCUT2D eigenvalue weighted by molar-refractivity contribution is -0.143. The number of halogens is 1. The van der Waals surface area contributed by atoms with E-state index < -0.39 is 6.10 Å². The van der Waals surface area contributed by atoms with E-state index in [-0.39, 0.29) is 30.5 Å². The Morgan fingerprint density at radius 1 is 1.32 bits per heavy atom. The molecule has 0 saturated carbocycles. The summed E-state index contributed by atoms with van der Waals surface area (Å²) in [6, 6.07) is 5.58. The van der Waals surface area contributed by atoms with Crippen LogP contribution in [0.1, 0.15) is 31.3 Å². The van der Waals surface area contributed by atoms with E-state index in [4.69, 9.17) is 4.74 Å². The topological polar surface area (TPSA) is 67.6 Å². The van der Waals surface area contributed by atoms with Crippen LogP contribution in [0, 0.1) is 5.82 Å². The lowest BCUT2D eigenvalue weighted by atomic mass is 10.1. The van der Waals surface area contributed by atoms with Crippen LogP contribution in [0.3, 0.4) is 0 Å². The zero-order chi connectivity index (χ0) is 18.0. The van der Waals surface area contributed by atoms with E-state index in [1.54, 1.807) is 21.9 Å². The maximum Gasteiger partial charge on any atom is 0.242 e. The van der Waals surface area contributed by atoms with Crippen LogP contribution in [-0.2, 0) is 16.1 Å². The van der Waals surface area contributed by atoms with Gasteiger partial charge in [-0.25, -0.2) is 9.37 Å². The molecule has 1 aromatic heterocycles. The van der Waals surface area contributed by atoms with Gasteiger partial charge < -0.3 is 19.3 Å². The van der Waals surface area contributed by atoms with E-state index in [1.807, 2.05) is 13.8 Å². The van der Waals surface area contributed by atoms with Crippen molar-refractivity contribution in [1.29, 1.82) is 0 Å². The number of imidazole rings is 1. The Hall–Kier alpha value is -2.25. The molecule has 1 N–H and O–H groups in total. The molecule has 0 aliphatic carbocycles. The molecular weight excluding hydrogens is 325 g/mol. The molecule has 0 radical (unpaired) electrons. The highest BCUT2D eigenvalue weighted by atomic mass is 19.1. The van der Waals surface area contributed by atoms with E-state index in [2.05, 4.69) is 4.98 Å². The number of carbonyl (C=O) groups is 1. The molecule has 2 aromatic rings. The maximum absolute atomic E-state index is 13.1. The number of aliphatic hydroxyl groups excluding tert-OH is 1. The predicted octanol–water partition coefficient (Wildman–Crippen LogP) is 1.74. The summed E-state index contributed by atoms with van der Waals surface area (Å²) in [4.78, 5) is 18.5. The van der Waals surface area contributed by atoms with Crippen molar-refractivity contribution < 1.29 is 19.0 Å². The summed E-state index contributed by atoms with van der Waals surface area (Å²) in [6.45, 7) is 5.07. The van der Waals surface area contributed by atoms with E-state index >= 15 is 0 Å². The van der Waals surface area contributed by atoms with Gasteiger partial charge in [0.05, 0.1) is 12.2 Å². The Balaban J connectivity index is 1.73. The molecular formula is C18H22FN3O3. The molecule has 1 aromatic carbocycles. The molecule has 6 nitrogen and oxygen atoms in total. The van der Waals surface area contributed by atoms with Gasteiger partial charge in [-0.15, -0.1) is 0 Å². The first-order valence-corrected chi connectivity index (χ1v) is 8.32. The Kier molecular flexibility index (Phi) is 5.15. The Bertz CT molecular complexity index is 721. The number of morpholine rings is 1. The Labute approximate surface area is 145 Å².